The van der Waals surface area contributed by atoms with Crippen molar-refractivity contribution < 1.29 is 59.3 Å². The zero-order chi connectivity index (χ0) is 32.2. The lowest BCUT2D eigenvalue weighted by Gasteiger charge is -2.32. The molecular weight excluding hydrogens is 580 g/mol. The van der Waals surface area contributed by atoms with Crippen LogP contribution >= 0.6 is 0 Å². The number of fused-ring (bicyclic) bond motifs is 1. The smallest absolute Gasteiger partial charge is 0.340 e. The molecule has 0 amide bonds. The van der Waals surface area contributed by atoms with Gasteiger partial charge in [-0.3, -0.25) is 29.0 Å². The number of hydrogen-bond donors (Lipinski definition) is 6. The van der Waals surface area contributed by atoms with Gasteiger partial charge >= 0.3 is 29.8 Å². The summed E-state index contributed by atoms with van der Waals surface area (Å²) in [6, 6.07) is 14.9. The largest absolute Gasteiger partial charge is 0.508 e. The fraction of sp³-hybridized carbons (Fsp3) is 0.233. The standard InChI is InChI=1S/C30H28N2O12/c33-23-7-5-19(9-17(23)11-31(13-25(35)36)14-26(37)38)30(22-4-2-1-3-21(22)29(43)44-30)20-6-8-24(34)18(10-20)12-32(15-27(39)40)16-28(41)42/h1-10,33-34H,11-16H2,(H,35,36)(H,37,38)(H,39,40)(H,41,42). The minimum atomic E-state index is -1.69. The average molecular weight is 609 g/mol. The first-order chi connectivity index (χ1) is 20.8. The summed E-state index contributed by atoms with van der Waals surface area (Å²) in [4.78, 5) is 60.8. The van der Waals surface area contributed by atoms with E-state index >= 15 is 0 Å². The van der Waals surface area contributed by atoms with Gasteiger partial charge in [-0.15, -0.1) is 0 Å². The fourth-order valence-electron chi connectivity index (χ4n) is 5.26. The van der Waals surface area contributed by atoms with Crippen LogP contribution in [0.4, 0.5) is 0 Å². The molecule has 14 heteroatoms. The molecule has 0 atom stereocenters. The Morgan fingerprint density at radius 2 is 1.05 bits per heavy atom. The fourth-order valence-corrected chi connectivity index (χ4v) is 5.26. The predicted octanol–water partition coefficient (Wildman–Crippen LogP) is 1.50. The number of carboxylic acid groups (broad SMARTS) is 4. The summed E-state index contributed by atoms with van der Waals surface area (Å²) >= 11 is 0. The Labute approximate surface area is 249 Å². The van der Waals surface area contributed by atoms with E-state index in [9.17, 15) is 54.6 Å². The van der Waals surface area contributed by atoms with Crippen molar-refractivity contribution >= 4 is 29.8 Å². The van der Waals surface area contributed by atoms with Crippen LogP contribution in [0, 0.1) is 0 Å². The molecule has 4 rings (SSSR count). The second kappa shape index (κ2) is 12.8. The highest BCUT2D eigenvalue weighted by Gasteiger charge is 2.49. The summed E-state index contributed by atoms with van der Waals surface area (Å²) in [5.74, 6) is -6.37. The van der Waals surface area contributed by atoms with Crippen molar-refractivity contribution in [3.63, 3.8) is 0 Å². The van der Waals surface area contributed by atoms with E-state index in [0.29, 0.717) is 16.7 Å². The Kier molecular flexibility index (Phi) is 9.16. The van der Waals surface area contributed by atoms with Gasteiger partial charge in [0.2, 0.25) is 0 Å². The van der Waals surface area contributed by atoms with Crippen LogP contribution in [-0.4, -0.2) is 96.5 Å². The van der Waals surface area contributed by atoms with Gasteiger partial charge in [0.25, 0.3) is 0 Å². The van der Waals surface area contributed by atoms with Crippen LogP contribution < -0.4 is 0 Å². The monoisotopic (exact) mass is 608 g/mol. The number of carbonyl (C=O) groups excluding carboxylic acids is 1. The number of aromatic hydroxyl groups is 2. The summed E-state index contributed by atoms with van der Waals surface area (Å²) in [6.45, 7) is -3.12. The van der Waals surface area contributed by atoms with Crippen LogP contribution in [-0.2, 0) is 42.6 Å². The third-order valence-electron chi connectivity index (χ3n) is 6.97. The first kappa shape index (κ1) is 31.5. The predicted molar refractivity (Wildman–Crippen MR) is 149 cm³/mol. The maximum Gasteiger partial charge on any atom is 0.340 e. The molecule has 1 aliphatic rings. The minimum absolute atomic E-state index is 0.137. The first-order valence-corrected chi connectivity index (χ1v) is 13.1. The van der Waals surface area contributed by atoms with E-state index < -0.39 is 61.6 Å². The highest BCUT2D eigenvalue weighted by Crippen LogP contribution is 2.48. The van der Waals surface area contributed by atoms with E-state index in [2.05, 4.69) is 0 Å². The van der Waals surface area contributed by atoms with Crippen molar-refractivity contribution in [1.29, 1.82) is 0 Å². The number of carboxylic acids is 4. The Hall–Kier alpha value is -5.47. The summed E-state index contributed by atoms with van der Waals surface area (Å²) < 4.78 is 6.04. The van der Waals surface area contributed by atoms with Gasteiger partial charge in [0.1, 0.15) is 11.5 Å². The Balaban J connectivity index is 1.87. The van der Waals surface area contributed by atoms with Gasteiger partial charge in [-0.25, -0.2) is 4.79 Å². The van der Waals surface area contributed by atoms with Crippen LogP contribution in [0.2, 0.25) is 0 Å². The number of esters is 1. The van der Waals surface area contributed by atoms with E-state index in [0.717, 1.165) is 9.80 Å². The van der Waals surface area contributed by atoms with Crippen LogP contribution in [0.1, 0.15) is 38.2 Å². The van der Waals surface area contributed by atoms with Crippen molar-refractivity contribution in [3.05, 3.63) is 94.0 Å². The van der Waals surface area contributed by atoms with Crippen molar-refractivity contribution in [3.8, 4) is 11.5 Å². The highest BCUT2D eigenvalue weighted by molar-refractivity contribution is 5.96. The Morgan fingerprint density at radius 3 is 1.45 bits per heavy atom. The van der Waals surface area contributed by atoms with Gasteiger partial charge < -0.3 is 35.4 Å². The van der Waals surface area contributed by atoms with Crippen LogP contribution in [0.15, 0.2) is 60.7 Å². The number of rotatable bonds is 14. The van der Waals surface area contributed by atoms with Gasteiger partial charge in [0, 0.05) is 40.9 Å². The second-order valence-electron chi connectivity index (χ2n) is 10.2. The number of phenolic OH excluding ortho intramolecular Hbond substituents is 2. The number of phenols is 2. The molecular formula is C30H28N2O12. The zero-order valence-electron chi connectivity index (χ0n) is 23.0. The summed E-state index contributed by atoms with van der Waals surface area (Å²) in [5.41, 5.74) is -0.228. The molecule has 1 aliphatic heterocycles. The number of aliphatic carboxylic acids is 4. The Bertz CT molecular complexity index is 1520. The van der Waals surface area contributed by atoms with Crippen LogP contribution in [0.5, 0.6) is 11.5 Å². The molecule has 44 heavy (non-hydrogen) atoms. The molecule has 0 unspecified atom stereocenters. The molecule has 0 aromatic heterocycles. The molecule has 0 radical (unpaired) electrons. The SMILES string of the molecule is O=C(O)CN(CC(=O)O)Cc1cc(C2(c3ccc(O)c(CN(CC(=O)O)CC(=O)O)c3)OC(=O)c3ccccc32)ccc1O. The molecule has 230 valence electrons. The number of benzene rings is 3. The zero-order valence-corrected chi connectivity index (χ0v) is 23.0. The maximum atomic E-state index is 13.2. The van der Waals surface area contributed by atoms with E-state index in [-0.39, 0.29) is 41.3 Å². The highest BCUT2D eigenvalue weighted by atomic mass is 16.6. The van der Waals surface area contributed by atoms with E-state index in [4.69, 9.17) is 4.74 Å². The lowest BCUT2D eigenvalue weighted by molar-refractivity contribution is -0.144. The van der Waals surface area contributed by atoms with Crippen LogP contribution in [0.3, 0.4) is 0 Å². The summed E-state index contributed by atoms with van der Waals surface area (Å²) in [7, 11) is 0. The summed E-state index contributed by atoms with van der Waals surface area (Å²) in [6.07, 6.45) is 0. The lowest BCUT2D eigenvalue weighted by Crippen LogP contribution is -2.35. The third-order valence-corrected chi connectivity index (χ3v) is 6.97. The number of nitrogens with zero attached hydrogens (tertiary/aromatic N) is 2. The minimum Gasteiger partial charge on any atom is -0.508 e. The molecule has 0 saturated carbocycles. The Morgan fingerprint density at radius 1 is 0.636 bits per heavy atom. The quantitative estimate of drug-likeness (QED) is 0.143. The van der Waals surface area contributed by atoms with Gasteiger partial charge in [-0.2, -0.15) is 0 Å². The third kappa shape index (κ3) is 6.77. The van der Waals surface area contributed by atoms with Crippen molar-refractivity contribution in [2.24, 2.45) is 0 Å². The van der Waals surface area contributed by atoms with Crippen molar-refractivity contribution in [1.82, 2.24) is 9.80 Å². The molecule has 0 spiro atoms. The van der Waals surface area contributed by atoms with Crippen molar-refractivity contribution in [2.75, 3.05) is 26.2 Å². The van der Waals surface area contributed by atoms with E-state index in [1.807, 2.05) is 0 Å². The van der Waals surface area contributed by atoms with Gasteiger partial charge in [0.05, 0.1) is 31.7 Å². The first-order valence-electron chi connectivity index (χ1n) is 13.1. The number of cyclic esters (lactones) is 1. The van der Waals surface area contributed by atoms with Crippen molar-refractivity contribution in [2.45, 2.75) is 18.7 Å². The molecule has 0 fully saturated rings. The molecule has 3 aromatic carbocycles. The number of hydrogen-bond acceptors (Lipinski definition) is 10. The van der Waals surface area contributed by atoms with Gasteiger partial charge in [-0.1, -0.05) is 30.3 Å². The number of ether oxygens (including phenoxy) is 1. The molecule has 1 heterocycles. The second-order valence-corrected chi connectivity index (χ2v) is 10.2. The van der Waals surface area contributed by atoms with Gasteiger partial charge in [-0.05, 0) is 30.3 Å². The van der Waals surface area contributed by atoms with E-state index in [1.54, 1.807) is 24.3 Å². The summed E-state index contributed by atoms with van der Waals surface area (Å²) in [5, 5.41) is 58.4. The average Bonchev–Trinajstić information content (AvgIpc) is 3.23. The normalized spacial score (nSPS) is 13.5. The van der Waals surface area contributed by atoms with Crippen LogP contribution in [0.25, 0.3) is 0 Å². The van der Waals surface area contributed by atoms with Gasteiger partial charge in [0.15, 0.2) is 5.60 Å². The molecule has 3 aromatic rings. The maximum absolute atomic E-state index is 13.2. The molecule has 14 nitrogen and oxygen atoms in total. The number of carbonyl (C=O) groups is 5. The van der Waals surface area contributed by atoms with E-state index in [1.165, 1.54) is 36.4 Å². The molecule has 0 aliphatic carbocycles. The molecule has 0 bridgehead atoms. The molecule has 6 N–H and O–H groups in total. The lowest BCUT2D eigenvalue weighted by atomic mass is 9.78. The topological polar surface area (TPSA) is 222 Å². The molecule has 0 saturated heterocycles.